The van der Waals surface area contributed by atoms with Gasteiger partial charge in [0.2, 0.25) is 0 Å². The lowest BCUT2D eigenvalue weighted by molar-refractivity contribution is 0.170. The molecule has 6 heteroatoms. The van der Waals surface area contributed by atoms with Crippen molar-refractivity contribution in [3.63, 3.8) is 0 Å². The van der Waals surface area contributed by atoms with Crippen LogP contribution >= 0.6 is 11.6 Å². The third-order valence-corrected chi connectivity index (χ3v) is 4.11. The minimum atomic E-state index is -0.637. The molecule has 0 aliphatic heterocycles. The molecule has 0 atom stereocenters. The summed E-state index contributed by atoms with van der Waals surface area (Å²) in [5.41, 5.74) is 0.492. The quantitative estimate of drug-likeness (QED) is 0.788. The van der Waals surface area contributed by atoms with Gasteiger partial charge in [-0.1, -0.05) is 0 Å². The first-order chi connectivity index (χ1) is 9.76. The van der Waals surface area contributed by atoms with Crippen molar-refractivity contribution in [3.8, 4) is 0 Å². The molecule has 0 aliphatic rings. The van der Waals surface area contributed by atoms with Gasteiger partial charge in [0.05, 0.1) is 5.52 Å². The molecule has 0 spiro atoms. The van der Waals surface area contributed by atoms with Crippen LogP contribution in [-0.2, 0) is 13.0 Å². The zero-order valence-corrected chi connectivity index (χ0v) is 13.5. The van der Waals surface area contributed by atoms with Gasteiger partial charge < -0.3 is 9.47 Å². The average Bonchev–Trinajstić information content (AvgIpc) is 2.68. The molecule has 1 heterocycles. The van der Waals surface area contributed by atoms with E-state index in [2.05, 4.69) is 23.7 Å². The van der Waals surface area contributed by atoms with Crippen molar-refractivity contribution in [1.82, 2.24) is 14.5 Å². The summed E-state index contributed by atoms with van der Waals surface area (Å²) < 4.78 is 29.3. The number of aryl methyl sites for hydroxylation is 1. The molecule has 2 aromatic rings. The van der Waals surface area contributed by atoms with E-state index in [1.807, 2.05) is 18.7 Å². The number of alkyl halides is 1. The second-order valence-corrected chi connectivity index (χ2v) is 6.39. The summed E-state index contributed by atoms with van der Waals surface area (Å²) >= 11 is 5.81. The van der Waals surface area contributed by atoms with Crippen molar-refractivity contribution in [2.75, 3.05) is 20.0 Å². The van der Waals surface area contributed by atoms with Crippen LogP contribution in [0.2, 0.25) is 0 Å². The summed E-state index contributed by atoms with van der Waals surface area (Å²) in [6.07, 6.45) is 0.515. The van der Waals surface area contributed by atoms with E-state index >= 15 is 0 Å². The van der Waals surface area contributed by atoms with E-state index in [0.717, 1.165) is 6.07 Å². The Morgan fingerprint density at radius 3 is 2.52 bits per heavy atom. The molecule has 0 fully saturated rings. The van der Waals surface area contributed by atoms with Crippen molar-refractivity contribution in [2.45, 2.75) is 32.4 Å². The first kappa shape index (κ1) is 16.2. The predicted molar refractivity (Wildman–Crippen MR) is 81.8 cm³/mol. The van der Waals surface area contributed by atoms with Gasteiger partial charge in [-0.05, 0) is 34.0 Å². The van der Waals surface area contributed by atoms with E-state index in [9.17, 15) is 8.78 Å². The van der Waals surface area contributed by atoms with E-state index in [1.165, 1.54) is 6.07 Å². The van der Waals surface area contributed by atoms with Gasteiger partial charge in [-0.2, -0.15) is 0 Å². The van der Waals surface area contributed by atoms with Crippen LogP contribution in [0.1, 0.15) is 19.7 Å². The maximum atomic E-state index is 13.9. The molecule has 1 aromatic carbocycles. The Morgan fingerprint density at radius 1 is 1.29 bits per heavy atom. The molecule has 0 unspecified atom stereocenters. The molecule has 2 rings (SSSR count). The topological polar surface area (TPSA) is 21.1 Å². The van der Waals surface area contributed by atoms with Gasteiger partial charge in [-0.3, -0.25) is 0 Å². The second kappa shape index (κ2) is 5.89. The van der Waals surface area contributed by atoms with E-state index in [1.54, 1.807) is 0 Å². The Kier molecular flexibility index (Phi) is 4.54. The Morgan fingerprint density at radius 2 is 1.95 bits per heavy atom. The molecule has 116 valence electrons. The molecular weight excluding hydrogens is 296 g/mol. The summed E-state index contributed by atoms with van der Waals surface area (Å²) in [7, 11) is 3.95. The zero-order valence-electron chi connectivity index (χ0n) is 12.8. The summed E-state index contributed by atoms with van der Waals surface area (Å²) in [6, 6.07) is 2.19. The summed E-state index contributed by atoms with van der Waals surface area (Å²) in [4.78, 5) is 6.37. The molecule has 0 saturated carbocycles. The molecule has 0 saturated heterocycles. The molecule has 1 aromatic heterocycles. The number of imidazole rings is 1. The number of likely N-dealkylation sites (N-methyl/N-ethyl adjacent to an activating group) is 1. The number of aromatic nitrogens is 2. The lowest BCUT2D eigenvalue weighted by atomic mass is 10.0. The first-order valence-corrected chi connectivity index (χ1v) is 7.37. The van der Waals surface area contributed by atoms with Crippen LogP contribution in [0.25, 0.3) is 11.0 Å². The van der Waals surface area contributed by atoms with E-state index in [4.69, 9.17) is 11.6 Å². The SMILES string of the molecule is CN(C)C(C)(C)Cn1c(CCCl)nc2c(F)cc(F)cc21. The molecule has 0 N–H and O–H groups in total. The fourth-order valence-electron chi connectivity index (χ4n) is 2.18. The van der Waals surface area contributed by atoms with Crippen molar-refractivity contribution in [3.05, 3.63) is 29.6 Å². The Balaban J connectivity index is 2.61. The monoisotopic (exact) mass is 315 g/mol. The molecule has 21 heavy (non-hydrogen) atoms. The van der Waals surface area contributed by atoms with Crippen LogP contribution in [0.3, 0.4) is 0 Å². The largest absolute Gasteiger partial charge is 0.326 e. The van der Waals surface area contributed by atoms with Gasteiger partial charge in [0.1, 0.15) is 17.2 Å². The van der Waals surface area contributed by atoms with Crippen LogP contribution in [0.15, 0.2) is 12.1 Å². The number of hydrogen-bond donors (Lipinski definition) is 0. The average molecular weight is 316 g/mol. The lowest BCUT2D eigenvalue weighted by Crippen LogP contribution is -2.42. The number of benzene rings is 1. The minimum Gasteiger partial charge on any atom is -0.326 e. The number of nitrogens with zero attached hydrogens (tertiary/aromatic N) is 3. The summed E-state index contributed by atoms with van der Waals surface area (Å²) in [5.74, 6) is -0.168. The fraction of sp³-hybridized carbons (Fsp3) is 0.533. The summed E-state index contributed by atoms with van der Waals surface area (Å²) in [5, 5.41) is 0. The van der Waals surface area contributed by atoms with Gasteiger partial charge in [0, 0.05) is 30.5 Å². The van der Waals surface area contributed by atoms with Gasteiger partial charge >= 0.3 is 0 Å². The number of hydrogen-bond acceptors (Lipinski definition) is 2. The normalized spacial score (nSPS) is 12.6. The van der Waals surface area contributed by atoms with E-state index < -0.39 is 11.6 Å². The Bertz CT molecular complexity index is 650. The smallest absolute Gasteiger partial charge is 0.153 e. The van der Waals surface area contributed by atoms with Crippen LogP contribution in [0, 0.1) is 11.6 Å². The number of rotatable bonds is 5. The second-order valence-electron chi connectivity index (χ2n) is 6.02. The molecule has 0 radical (unpaired) electrons. The van der Waals surface area contributed by atoms with Crippen LogP contribution in [0.5, 0.6) is 0 Å². The third-order valence-electron chi connectivity index (χ3n) is 3.93. The molecular formula is C15H20ClF2N3. The van der Waals surface area contributed by atoms with Gasteiger partial charge in [-0.15, -0.1) is 11.6 Å². The maximum Gasteiger partial charge on any atom is 0.153 e. The fourth-order valence-corrected chi connectivity index (χ4v) is 2.35. The van der Waals surface area contributed by atoms with Gasteiger partial charge in [-0.25, -0.2) is 13.8 Å². The van der Waals surface area contributed by atoms with Crippen molar-refractivity contribution in [2.24, 2.45) is 0 Å². The molecule has 0 amide bonds. The highest BCUT2D eigenvalue weighted by molar-refractivity contribution is 6.17. The first-order valence-electron chi connectivity index (χ1n) is 6.84. The highest BCUT2D eigenvalue weighted by atomic mass is 35.5. The van der Waals surface area contributed by atoms with Crippen LogP contribution in [-0.4, -0.2) is 40.0 Å². The number of fused-ring (bicyclic) bond motifs is 1. The van der Waals surface area contributed by atoms with Crippen LogP contribution in [0.4, 0.5) is 8.78 Å². The standard InChI is InChI=1S/C15H20ClF2N3/c1-15(2,20(3)4)9-21-12-8-10(17)7-11(18)14(12)19-13(21)5-6-16/h7-8H,5-6,9H2,1-4H3. The third kappa shape index (κ3) is 3.19. The lowest BCUT2D eigenvalue weighted by Gasteiger charge is -2.33. The van der Waals surface area contributed by atoms with E-state index in [-0.39, 0.29) is 11.1 Å². The summed E-state index contributed by atoms with van der Waals surface area (Å²) in [6.45, 7) is 4.71. The molecule has 0 bridgehead atoms. The zero-order chi connectivity index (χ0) is 15.8. The van der Waals surface area contributed by atoms with Crippen molar-refractivity contribution in [1.29, 1.82) is 0 Å². The molecule has 0 aliphatic carbocycles. The highest BCUT2D eigenvalue weighted by Crippen LogP contribution is 2.25. The Labute approximate surface area is 128 Å². The van der Waals surface area contributed by atoms with E-state index in [0.29, 0.717) is 30.2 Å². The minimum absolute atomic E-state index is 0.183. The Hall–Kier alpha value is -1.20. The highest BCUT2D eigenvalue weighted by Gasteiger charge is 2.25. The van der Waals surface area contributed by atoms with Gasteiger partial charge in [0.15, 0.2) is 5.82 Å². The maximum absolute atomic E-state index is 13.9. The van der Waals surface area contributed by atoms with Crippen LogP contribution < -0.4 is 0 Å². The predicted octanol–water partition coefficient (Wildman–Crippen LogP) is 3.44. The van der Waals surface area contributed by atoms with Crippen molar-refractivity contribution < 1.29 is 8.78 Å². The number of halogens is 3. The van der Waals surface area contributed by atoms with Gasteiger partial charge in [0.25, 0.3) is 0 Å². The van der Waals surface area contributed by atoms with Crippen molar-refractivity contribution >= 4 is 22.6 Å². The molecule has 3 nitrogen and oxygen atoms in total.